The molecule has 0 spiro atoms. The molecular weight excluding hydrogens is 188 g/mol. The minimum atomic E-state index is -0.209. The Balaban J connectivity index is 2.71. The first-order valence-electron chi connectivity index (χ1n) is 6.12. The molecule has 1 rings (SSSR count). The second-order valence-corrected chi connectivity index (χ2v) is 4.69. The van der Waals surface area contributed by atoms with Crippen LogP contribution in [-0.2, 0) is 4.79 Å². The SMILES string of the molecule is CCC(C)N(CC)C(=O)C1(CN)CCC1. The zero-order valence-electron chi connectivity index (χ0n) is 10.3. The molecule has 1 saturated carbocycles. The van der Waals surface area contributed by atoms with Gasteiger partial charge in [0.1, 0.15) is 0 Å². The third kappa shape index (κ3) is 2.17. The van der Waals surface area contributed by atoms with Crippen molar-refractivity contribution < 1.29 is 4.79 Å². The molecule has 3 heteroatoms. The van der Waals surface area contributed by atoms with Gasteiger partial charge in [0.15, 0.2) is 0 Å². The van der Waals surface area contributed by atoms with Gasteiger partial charge in [0.05, 0.1) is 5.41 Å². The van der Waals surface area contributed by atoms with E-state index in [1.165, 1.54) is 0 Å². The van der Waals surface area contributed by atoms with Crippen molar-refractivity contribution in [2.24, 2.45) is 11.1 Å². The van der Waals surface area contributed by atoms with Crippen LogP contribution in [0.25, 0.3) is 0 Å². The highest BCUT2D eigenvalue weighted by atomic mass is 16.2. The number of hydrogen-bond acceptors (Lipinski definition) is 2. The molecule has 1 atom stereocenters. The van der Waals surface area contributed by atoms with Crippen molar-refractivity contribution in [3.8, 4) is 0 Å². The van der Waals surface area contributed by atoms with Crippen LogP contribution in [0.2, 0.25) is 0 Å². The Morgan fingerprint density at radius 1 is 1.47 bits per heavy atom. The number of hydrogen-bond donors (Lipinski definition) is 1. The monoisotopic (exact) mass is 212 g/mol. The lowest BCUT2D eigenvalue weighted by Crippen LogP contribution is -2.54. The van der Waals surface area contributed by atoms with Crippen molar-refractivity contribution in [3.05, 3.63) is 0 Å². The Morgan fingerprint density at radius 2 is 2.07 bits per heavy atom. The standard InChI is InChI=1S/C12H24N2O/c1-4-10(3)14(5-2)11(15)12(9-13)7-6-8-12/h10H,4-9,13H2,1-3H3. The van der Waals surface area contributed by atoms with Gasteiger partial charge in [-0.05, 0) is 33.1 Å². The molecule has 0 saturated heterocycles. The molecule has 0 aromatic rings. The first kappa shape index (κ1) is 12.5. The average Bonchev–Trinajstić information content (AvgIpc) is 2.18. The molecule has 0 aromatic carbocycles. The van der Waals surface area contributed by atoms with Gasteiger partial charge >= 0.3 is 0 Å². The summed E-state index contributed by atoms with van der Waals surface area (Å²) < 4.78 is 0. The summed E-state index contributed by atoms with van der Waals surface area (Å²) in [5.74, 6) is 0.285. The lowest BCUT2D eigenvalue weighted by atomic mass is 9.67. The quantitative estimate of drug-likeness (QED) is 0.755. The van der Waals surface area contributed by atoms with Crippen LogP contribution in [0.15, 0.2) is 0 Å². The molecule has 0 aliphatic heterocycles. The first-order chi connectivity index (χ1) is 7.11. The molecule has 88 valence electrons. The fraction of sp³-hybridized carbons (Fsp3) is 0.917. The van der Waals surface area contributed by atoms with Crippen LogP contribution in [0, 0.1) is 5.41 Å². The molecule has 1 unspecified atom stereocenters. The van der Waals surface area contributed by atoms with E-state index in [-0.39, 0.29) is 11.3 Å². The van der Waals surface area contributed by atoms with Crippen LogP contribution in [0.5, 0.6) is 0 Å². The summed E-state index contributed by atoms with van der Waals surface area (Å²) in [5, 5.41) is 0. The van der Waals surface area contributed by atoms with Crippen LogP contribution in [-0.4, -0.2) is 29.9 Å². The molecule has 15 heavy (non-hydrogen) atoms. The summed E-state index contributed by atoms with van der Waals surface area (Å²) >= 11 is 0. The fourth-order valence-corrected chi connectivity index (χ4v) is 2.29. The summed E-state index contributed by atoms with van der Waals surface area (Å²) in [7, 11) is 0. The Labute approximate surface area is 93.0 Å². The molecule has 0 radical (unpaired) electrons. The van der Waals surface area contributed by atoms with E-state index >= 15 is 0 Å². The van der Waals surface area contributed by atoms with Gasteiger partial charge < -0.3 is 10.6 Å². The zero-order chi connectivity index (χ0) is 11.5. The number of nitrogens with two attached hydrogens (primary N) is 1. The summed E-state index contributed by atoms with van der Waals surface area (Å²) in [5.41, 5.74) is 5.55. The van der Waals surface area contributed by atoms with Gasteiger partial charge in [-0.3, -0.25) is 4.79 Å². The molecular formula is C12H24N2O. The Kier molecular flexibility index (Phi) is 4.14. The van der Waals surface area contributed by atoms with E-state index in [0.29, 0.717) is 12.6 Å². The van der Waals surface area contributed by atoms with Crippen LogP contribution >= 0.6 is 0 Å². The molecule has 1 aliphatic rings. The number of carbonyl (C=O) groups is 1. The van der Waals surface area contributed by atoms with Gasteiger partial charge in [-0.1, -0.05) is 13.3 Å². The van der Waals surface area contributed by atoms with Crippen molar-refractivity contribution in [1.82, 2.24) is 4.90 Å². The maximum Gasteiger partial charge on any atom is 0.230 e. The molecule has 0 bridgehead atoms. The van der Waals surface area contributed by atoms with Crippen molar-refractivity contribution >= 4 is 5.91 Å². The van der Waals surface area contributed by atoms with Gasteiger partial charge in [0.2, 0.25) is 5.91 Å². The number of amides is 1. The minimum absolute atomic E-state index is 0.209. The predicted octanol–water partition coefficient (Wildman–Crippen LogP) is 1.76. The maximum atomic E-state index is 12.4. The van der Waals surface area contributed by atoms with E-state index in [2.05, 4.69) is 13.8 Å². The average molecular weight is 212 g/mol. The summed E-state index contributed by atoms with van der Waals surface area (Å²) in [6.07, 6.45) is 4.13. The lowest BCUT2D eigenvalue weighted by Gasteiger charge is -2.44. The second kappa shape index (κ2) is 4.97. The van der Waals surface area contributed by atoms with Crippen LogP contribution in [0.1, 0.15) is 46.5 Å². The highest BCUT2D eigenvalue weighted by Gasteiger charge is 2.45. The molecule has 1 fully saturated rings. The highest BCUT2D eigenvalue weighted by Crippen LogP contribution is 2.41. The Bertz CT molecular complexity index is 218. The number of nitrogens with zero attached hydrogens (tertiary/aromatic N) is 1. The summed E-state index contributed by atoms with van der Waals surface area (Å²) in [6, 6.07) is 0.339. The molecule has 1 amide bonds. The fourth-order valence-electron chi connectivity index (χ4n) is 2.29. The normalized spacial score (nSPS) is 20.5. The van der Waals surface area contributed by atoms with E-state index in [9.17, 15) is 4.79 Å². The molecule has 2 N–H and O–H groups in total. The Morgan fingerprint density at radius 3 is 2.33 bits per heavy atom. The van der Waals surface area contributed by atoms with Crippen molar-refractivity contribution in [3.63, 3.8) is 0 Å². The lowest BCUT2D eigenvalue weighted by molar-refractivity contribution is -0.148. The third-order valence-electron chi connectivity index (χ3n) is 3.88. The molecule has 0 heterocycles. The van der Waals surface area contributed by atoms with Gasteiger partial charge in [0, 0.05) is 19.1 Å². The second-order valence-electron chi connectivity index (χ2n) is 4.69. The van der Waals surface area contributed by atoms with E-state index < -0.39 is 0 Å². The van der Waals surface area contributed by atoms with Gasteiger partial charge in [-0.2, -0.15) is 0 Å². The topological polar surface area (TPSA) is 46.3 Å². The van der Waals surface area contributed by atoms with E-state index in [4.69, 9.17) is 5.73 Å². The molecule has 3 nitrogen and oxygen atoms in total. The smallest absolute Gasteiger partial charge is 0.230 e. The Hall–Kier alpha value is -0.570. The third-order valence-corrected chi connectivity index (χ3v) is 3.88. The molecule has 0 aromatic heterocycles. The number of rotatable bonds is 5. The number of carbonyl (C=O) groups excluding carboxylic acids is 1. The van der Waals surface area contributed by atoms with Crippen LogP contribution < -0.4 is 5.73 Å². The maximum absolute atomic E-state index is 12.4. The van der Waals surface area contributed by atoms with Crippen molar-refractivity contribution in [2.45, 2.75) is 52.5 Å². The summed E-state index contributed by atoms with van der Waals surface area (Å²) in [6.45, 7) is 7.60. The van der Waals surface area contributed by atoms with Crippen molar-refractivity contribution in [1.29, 1.82) is 0 Å². The largest absolute Gasteiger partial charge is 0.340 e. The van der Waals surface area contributed by atoms with Crippen molar-refractivity contribution in [2.75, 3.05) is 13.1 Å². The van der Waals surface area contributed by atoms with E-state index in [1.807, 2.05) is 11.8 Å². The minimum Gasteiger partial charge on any atom is -0.340 e. The first-order valence-corrected chi connectivity index (χ1v) is 6.12. The van der Waals surface area contributed by atoms with E-state index in [0.717, 1.165) is 32.2 Å². The van der Waals surface area contributed by atoms with Gasteiger partial charge in [0.25, 0.3) is 0 Å². The predicted molar refractivity (Wildman–Crippen MR) is 62.5 cm³/mol. The van der Waals surface area contributed by atoms with E-state index in [1.54, 1.807) is 0 Å². The summed E-state index contributed by atoms with van der Waals surface area (Å²) in [4.78, 5) is 14.3. The highest BCUT2D eigenvalue weighted by molar-refractivity contribution is 5.84. The molecule has 1 aliphatic carbocycles. The van der Waals surface area contributed by atoms with Crippen LogP contribution in [0.3, 0.4) is 0 Å². The van der Waals surface area contributed by atoms with Crippen LogP contribution in [0.4, 0.5) is 0 Å². The van der Waals surface area contributed by atoms with Gasteiger partial charge in [-0.25, -0.2) is 0 Å². The zero-order valence-corrected chi connectivity index (χ0v) is 10.3. The van der Waals surface area contributed by atoms with Gasteiger partial charge in [-0.15, -0.1) is 0 Å².